The Morgan fingerprint density at radius 2 is 2.04 bits per heavy atom. The predicted molar refractivity (Wildman–Crippen MR) is 99.7 cm³/mol. The lowest BCUT2D eigenvalue weighted by atomic mass is 10.2. The van der Waals surface area contributed by atoms with Crippen molar-refractivity contribution in [3.05, 3.63) is 34.5 Å². The molecule has 0 fully saturated rings. The van der Waals surface area contributed by atoms with E-state index in [2.05, 4.69) is 30.6 Å². The summed E-state index contributed by atoms with van der Waals surface area (Å²) in [5, 5.41) is 11.9. The maximum Gasteiger partial charge on any atom is 0.213 e. The van der Waals surface area contributed by atoms with Crippen LogP contribution < -0.4 is 10.6 Å². The van der Waals surface area contributed by atoms with Gasteiger partial charge in [-0.2, -0.15) is 4.39 Å². The Hall–Kier alpha value is -2.39. The fourth-order valence-corrected chi connectivity index (χ4v) is 4.02. The predicted octanol–water partition coefficient (Wildman–Crippen LogP) is 3.54. The van der Waals surface area contributed by atoms with Gasteiger partial charge in [-0.15, -0.1) is 22.7 Å². The van der Waals surface area contributed by atoms with E-state index in [1.807, 2.05) is 17.7 Å². The van der Waals surface area contributed by atoms with Gasteiger partial charge in [0.2, 0.25) is 5.95 Å². The molecule has 0 amide bonds. The second-order valence-electron chi connectivity index (χ2n) is 5.53. The Morgan fingerprint density at radius 1 is 1.20 bits per heavy atom. The van der Waals surface area contributed by atoms with Gasteiger partial charge in [0.15, 0.2) is 11.1 Å². The van der Waals surface area contributed by atoms with E-state index in [0.717, 1.165) is 58.1 Å². The van der Waals surface area contributed by atoms with Crippen LogP contribution in [0.15, 0.2) is 28.0 Å². The summed E-state index contributed by atoms with van der Waals surface area (Å²) < 4.78 is 13.2. The number of aliphatic imine (C=N–C) groups is 1. The van der Waals surface area contributed by atoms with Crippen molar-refractivity contribution in [2.24, 2.45) is 4.99 Å². The molecule has 128 valence electrons. The lowest BCUT2D eigenvalue weighted by Crippen LogP contribution is -2.35. The number of nitrogens with zero attached hydrogens (tertiary/aromatic N) is 4. The quantitative estimate of drug-likeness (QED) is 0.686. The molecule has 0 aliphatic carbocycles. The van der Waals surface area contributed by atoms with Gasteiger partial charge in [-0.25, -0.2) is 15.0 Å². The van der Waals surface area contributed by atoms with Crippen LogP contribution in [0.2, 0.25) is 0 Å². The molecular weight excluding hydrogens is 359 g/mol. The highest BCUT2D eigenvalue weighted by Gasteiger charge is 2.13. The molecule has 3 aromatic rings. The van der Waals surface area contributed by atoms with Gasteiger partial charge < -0.3 is 10.6 Å². The maximum atomic E-state index is 13.2. The van der Waals surface area contributed by atoms with Crippen molar-refractivity contribution < 1.29 is 4.39 Å². The Morgan fingerprint density at radius 3 is 2.84 bits per heavy atom. The van der Waals surface area contributed by atoms with Crippen LogP contribution in [0.3, 0.4) is 0 Å². The largest absolute Gasteiger partial charge is 0.356 e. The van der Waals surface area contributed by atoms with E-state index in [4.69, 9.17) is 0 Å². The van der Waals surface area contributed by atoms with Crippen molar-refractivity contribution in [3.63, 3.8) is 0 Å². The SMILES string of the molecule is Cc1cc(F)ncc1-c1nc(-c2csc(NC3=NCCCN3)n2)cs1. The molecule has 0 saturated carbocycles. The number of aryl methyl sites for hydroxylation is 1. The van der Waals surface area contributed by atoms with Crippen molar-refractivity contribution in [1.82, 2.24) is 20.3 Å². The van der Waals surface area contributed by atoms with Crippen molar-refractivity contribution >= 4 is 33.8 Å². The number of aromatic nitrogens is 3. The number of guanidine groups is 1. The van der Waals surface area contributed by atoms with Gasteiger partial charge in [-0.1, -0.05) is 0 Å². The zero-order chi connectivity index (χ0) is 17.2. The highest BCUT2D eigenvalue weighted by molar-refractivity contribution is 7.14. The number of rotatable bonds is 3. The zero-order valence-electron chi connectivity index (χ0n) is 13.4. The molecule has 0 spiro atoms. The molecule has 25 heavy (non-hydrogen) atoms. The van der Waals surface area contributed by atoms with Gasteiger partial charge in [0.1, 0.15) is 16.4 Å². The Labute approximate surface area is 151 Å². The third kappa shape index (κ3) is 3.52. The highest BCUT2D eigenvalue weighted by atomic mass is 32.1. The fraction of sp³-hybridized carbons (Fsp3) is 0.250. The van der Waals surface area contributed by atoms with Crippen molar-refractivity contribution in [2.75, 3.05) is 18.4 Å². The summed E-state index contributed by atoms with van der Waals surface area (Å²) in [4.78, 5) is 17.3. The molecule has 6 nitrogen and oxygen atoms in total. The molecule has 0 radical (unpaired) electrons. The third-order valence-electron chi connectivity index (χ3n) is 3.70. The summed E-state index contributed by atoms with van der Waals surface area (Å²) in [6.45, 7) is 3.60. The summed E-state index contributed by atoms with van der Waals surface area (Å²) in [6.07, 6.45) is 2.57. The number of nitrogens with one attached hydrogen (secondary N) is 2. The average Bonchev–Trinajstić information content (AvgIpc) is 3.25. The minimum atomic E-state index is -0.479. The summed E-state index contributed by atoms with van der Waals surface area (Å²) in [5.74, 6) is 0.284. The molecule has 9 heteroatoms. The van der Waals surface area contributed by atoms with Crippen LogP contribution >= 0.6 is 22.7 Å². The molecule has 1 aliphatic heterocycles. The lowest BCUT2D eigenvalue weighted by molar-refractivity contribution is 0.583. The smallest absolute Gasteiger partial charge is 0.213 e. The normalized spacial score (nSPS) is 14.1. The van der Waals surface area contributed by atoms with E-state index in [0.29, 0.717) is 0 Å². The topological polar surface area (TPSA) is 75.1 Å². The monoisotopic (exact) mass is 374 g/mol. The van der Waals surface area contributed by atoms with E-state index in [9.17, 15) is 4.39 Å². The number of hydrogen-bond donors (Lipinski definition) is 2. The average molecular weight is 374 g/mol. The first-order valence-corrected chi connectivity index (χ1v) is 9.54. The van der Waals surface area contributed by atoms with E-state index in [1.165, 1.54) is 34.9 Å². The molecular formula is C16H15FN6S2. The van der Waals surface area contributed by atoms with E-state index in [-0.39, 0.29) is 0 Å². The fourth-order valence-electron chi connectivity index (χ4n) is 2.43. The zero-order valence-corrected chi connectivity index (χ0v) is 15.0. The van der Waals surface area contributed by atoms with Crippen LogP contribution in [0.4, 0.5) is 9.52 Å². The molecule has 1 aliphatic rings. The molecule has 0 aromatic carbocycles. The number of hydrogen-bond acceptors (Lipinski definition) is 8. The number of thiazole rings is 2. The Balaban J connectivity index is 1.55. The van der Waals surface area contributed by atoms with Crippen molar-refractivity contribution in [1.29, 1.82) is 0 Å². The van der Waals surface area contributed by atoms with Gasteiger partial charge in [0.05, 0.1) is 0 Å². The second kappa shape index (κ2) is 6.85. The summed E-state index contributed by atoms with van der Waals surface area (Å²) in [7, 11) is 0. The molecule has 3 aromatic heterocycles. The van der Waals surface area contributed by atoms with Gasteiger partial charge in [-0.05, 0) is 25.0 Å². The van der Waals surface area contributed by atoms with Crippen molar-refractivity contribution in [3.8, 4) is 22.0 Å². The third-order valence-corrected chi connectivity index (χ3v) is 5.33. The first-order chi connectivity index (χ1) is 12.2. The first kappa shape index (κ1) is 16.1. The molecule has 0 bridgehead atoms. The number of pyridine rings is 1. The summed E-state index contributed by atoms with van der Waals surface area (Å²) in [5.41, 5.74) is 3.26. The molecule has 0 atom stereocenters. The molecule has 4 rings (SSSR count). The second-order valence-corrected chi connectivity index (χ2v) is 7.25. The minimum Gasteiger partial charge on any atom is -0.356 e. The van der Waals surface area contributed by atoms with Gasteiger partial charge in [0, 0.05) is 35.6 Å². The van der Waals surface area contributed by atoms with Gasteiger partial charge in [-0.3, -0.25) is 4.99 Å². The van der Waals surface area contributed by atoms with Crippen LogP contribution in [-0.4, -0.2) is 34.0 Å². The minimum absolute atomic E-state index is 0.479. The Bertz CT molecular complexity index is 932. The molecule has 4 heterocycles. The van der Waals surface area contributed by atoms with E-state index in [1.54, 1.807) is 0 Å². The Kier molecular flexibility index (Phi) is 4.41. The van der Waals surface area contributed by atoms with Gasteiger partial charge in [0.25, 0.3) is 0 Å². The van der Waals surface area contributed by atoms with E-state index >= 15 is 0 Å². The standard InChI is InChI=1S/C16H15FN6S2/c1-9-5-13(17)20-6-10(9)14-21-11(7-24-14)12-8-25-16(22-12)23-15-18-3-2-4-19-15/h5-8H,2-4H2,1H3,(H2,18,19,22,23). The first-order valence-electron chi connectivity index (χ1n) is 7.78. The molecule has 0 unspecified atom stereocenters. The highest BCUT2D eigenvalue weighted by Crippen LogP contribution is 2.31. The van der Waals surface area contributed by atoms with Crippen molar-refractivity contribution in [2.45, 2.75) is 13.3 Å². The van der Waals surface area contributed by atoms with Gasteiger partial charge >= 0.3 is 0 Å². The summed E-state index contributed by atoms with van der Waals surface area (Å²) in [6, 6.07) is 1.42. The summed E-state index contributed by atoms with van der Waals surface area (Å²) >= 11 is 3.00. The number of anilines is 1. The van der Waals surface area contributed by atoms with E-state index < -0.39 is 5.95 Å². The van der Waals surface area contributed by atoms with Crippen LogP contribution in [-0.2, 0) is 0 Å². The maximum absolute atomic E-state index is 13.2. The van der Waals surface area contributed by atoms with Crippen LogP contribution in [0, 0.1) is 12.9 Å². The lowest BCUT2D eigenvalue weighted by Gasteiger charge is -2.13. The molecule has 0 saturated heterocycles. The number of halogens is 1. The molecule has 2 N–H and O–H groups in total. The van der Waals surface area contributed by atoms with Crippen LogP contribution in [0.25, 0.3) is 22.0 Å². The van der Waals surface area contributed by atoms with Crippen LogP contribution in [0.1, 0.15) is 12.0 Å². The van der Waals surface area contributed by atoms with Crippen LogP contribution in [0.5, 0.6) is 0 Å².